The zero-order valence-corrected chi connectivity index (χ0v) is 7.65. The zero-order valence-electron chi connectivity index (χ0n) is 7.65. The van der Waals surface area contributed by atoms with Gasteiger partial charge in [0.1, 0.15) is 6.10 Å². The van der Waals surface area contributed by atoms with Crippen molar-refractivity contribution in [2.75, 3.05) is 7.11 Å². The van der Waals surface area contributed by atoms with Crippen molar-refractivity contribution in [1.82, 2.24) is 0 Å². The van der Waals surface area contributed by atoms with Crippen LogP contribution in [0.5, 0.6) is 0 Å². The molecule has 0 aromatic carbocycles. The maximum Gasteiger partial charge on any atom is 0.160 e. The molecule has 72 valence electrons. The van der Waals surface area contributed by atoms with Crippen LogP contribution in [0.25, 0.3) is 0 Å². The molecule has 1 heterocycles. The van der Waals surface area contributed by atoms with Crippen LogP contribution < -0.4 is 0 Å². The molecule has 0 aliphatic carbocycles. The van der Waals surface area contributed by atoms with Crippen LogP contribution in [0.4, 0.5) is 0 Å². The predicted molar refractivity (Wildman–Crippen MR) is 42.6 cm³/mol. The Bertz CT molecular complexity index is 157. The first kappa shape index (κ1) is 9.92. The first-order valence-electron chi connectivity index (χ1n) is 4.06. The molecule has 1 fully saturated rings. The van der Waals surface area contributed by atoms with Crippen LogP contribution in [-0.2, 0) is 9.47 Å². The second kappa shape index (κ2) is 3.30. The van der Waals surface area contributed by atoms with Crippen LogP contribution in [-0.4, -0.2) is 41.4 Å². The molecular weight excluding hydrogens is 160 g/mol. The van der Waals surface area contributed by atoms with Gasteiger partial charge >= 0.3 is 0 Å². The Morgan fingerprint density at radius 1 is 1.58 bits per heavy atom. The van der Waals surface area contributed by atoms with Crippen LogP contribution in [0.15, 0.2) is 0 Å². The molecule has 0 saturated carbocycles. The lowest BCUT2D eigenvalue weighted by molar-refractivity contribution is -0.264. The number of hydrogen-bond donors (Lipinski definition) is 2. The number of aliphatic hydroxyl groups excluding tert-OH is 1. The number of rotatable bonds is 1. The average molecular weight is 176 g/mol. The van der Waals surface area contributed by atoms with Gasteiger partial charge in [0.05, 0.1) is 11.7 Å². The molecule has 0 aromatic heterocycles. The van der Waals surface area contributed by atoms with Crippen LogP contribution in [0.2, 0.25) is 0 Å². The van der Waals surface area contributed by atoms with Crippen LogP contribution in [0, 0.1) is 0 Å². The molecule has 1 saturated heterocycles. The molecule has 4 heteroatoms. The van der Waals surface area contributed by atoms with Crippen molar-refractivity contribution in [3.63, 3.8) is 0 Å². The molecule has 2 N–H and O–H groups in total. The van der Waals surface area contributed by atoms with Gasteiger partial charge in [0.15, 0.2) is 6.29 Å². The van der Waals surface area contributed by atoms with Crippen LogP contribution in [0.3, 0.4) is 0 Å². The maximum atomic E-state index is 9.70. The molecular formula is C8H16O4. The van der Waals surface area contributed by atoms with E-state index in [4.69, 9.17) is 9.47 Å². The fourth-order valence-corrected chi connectivity index (χ4v) is 1.46. The summed E-state index contributed by atoms with van der Waals surface area (Å²) in [5, 5.41) is 19.2. The molecule has 1 rings (SSSR count). The minimum Gasteiger partial charge on any atom is -0.387 e. The lowest BCUT2D eigenvalue weighted by Gasteiger charge is -2.41. The van der Waals surface area contributed by atoms with Crippen LogP contribution in [0.1, 0.15) is 20.3 Å². The second-order valence-electron chi connectivity index (χ2n) is 3.51. The monoisotopic (exact) mass is 176 g/mol. The fourth-order valence-electron chi connectivity index (χ4n) is 1.46. The Kier molecular flexibility index (Phi) is 2.73. The van der Waals surface area contributed by atoms with Gasteiger partial charge < -0.3 is 19.7 Å². The Morgan fingerprint density at radius 2 is 2.17 bits per heavy atom. The summed E-state index contributed by atoms with van der Waals surface area (Å²) in [5.41, 5.74) is -1.11. The highest BCUT2D eigenvalue weighted by Gasteiger charge is 2.43. The standard InChI is InChI=1S/C8H16O4/c1-5-7(9)8(2,10)4-6(11-3)12-5/h5-7,9-10H,4H2,1-3H3/t5-,6-,7+,8-/m1/s1. The highest BCUT2D eigenvalue weighted by molar-refractivity contribution is 4.90. The normalized spacial score (nSPS) is 49.2. The van der Waals surface area contributed by atoms with Gasteiger partial charge in [-0.2, -0.15) is 0 Å². The molecule has 0 spiro atoms. The third-order valence-electron chi connectivity index (χ3n) is 2.29. The molecule has 12 heavy (non-hydrogen) atoms. The fraction of sp³-hybridized carbons (Fsp3) is 1.00. The van der Waals surface area contributed by atoms with E-state index in [-0.39, 0.29) is 0 Å². The summed E-state index contributed by atoms with van der Waals surface area (Å²) in [4.78, 5) is 0. The van der Waals surface area contributed by atoms with Crippen molar-refractivity contribution >= 4 is 0 Å². The zero-order chi connectivity index (χ0) is 9.35. The molecule has 0 radical (unpaired) electrons. The van der Waals surface area contributed by atoms with Gasteiger partial charge in [-0.3, -0.25) is 0 Å². The third-order valence-corrected chi connectivity index (χ3v) is 2.29. The quantitative estimate of drug-likeness (QED) is 0.584. The van der Waals surface area contributed by atoms with Gasteiger partial charge in [-0.25, -0.2) is 0 Å². The number of aliphatic hydroxyl groups is 2. The van der Waals surface area contributed by atoms with E-state index in [1.54, 1.807) is 13.8 Å². The van der Waals surface area contributed by atoms with E-state index < -0.39 is 24.1 Å². The van der Waals surface area contributed by atoms with Gasteiger partial charge in [0, 0.05) is 13.5 Å². The first-order chi connectivity index (χ1) is 5.47. The summed E-state index contributed by atoms with van der Waals surface area (Å²) in [7, 11) is 1.52. The van der Waals surface area contributed by atoms with E-state index in [0.29, 0.717) is 6.42 Å². The summed E-state index contributed by atoms with van der Waals surface area (Å²) in [6, 6.07) is 0. The van der Waals surface area contributed by atoms with Gasteiger partial charge in [0.2, 0.25) is 0 Å². The summed E-state index contributed by atoms with van der Waals surface area (Å²) in [5.74, 6) is 0. The van der Waals surface area contributed by atoms with Gasteiger partial charge in [-0.05, 0) is 13.8 Å². The Morgan fingerprint density at radius 3 is 2.58 bits per heavy atom. The van der Waals surface area contributed by atoms with Crippen molar-refractivity contribution in [3.05, 3.63) is 0 Å². The summed E-state index contributed by atoms with van der Waals surface area (Å²) >= 11 is 0. The molecule has 0 amide bonds. The maximum absolute atomic E-state index is 9.70. The predicted octanol–water partition coefficient (Wildman–Crippen LogP) is -0.120. The lowest BCUT2D eigenvalue weighted by Crippen LogP contribution is -2.54. The summed E-state index contributed by atoms with van der Waals surface area (Å²) < 4.78 is 10.2. The molecule has 0 bridgehead atoms. The van der Waals surface area contributed by atoms with E-state index >= 15 is 0 Å². The van der Waals surface area contributed by atoms with Crippen molar-refractivity contribution < 1.29 is 19.7 Å². The van der Waals surface area contributed by atoms with Crippen LogP contribution >= 0.6 is 0 Å². The SMILES string of the molecule is CO[C@H]1C[C@@](C)(O)[C@@H](O)[C@@H](C)O1. The third kappa shape index (κ3) is 1.77. The first-order valence-corrected chi connectivity index (χ1v) is 4.06. The van der Waals surface area contributed by atoms with E-state index in [1.165, 1.54) is 7.11 Å². The topological polar surface area (TPSA) is 58.9 Å². The van der Waals surface area contributed by atoms with Crippen molar-refractivity contribution in [3.8, 4) is 0 Å². The molecule has 1 aliphatic heterocycles. The van der Waals surface area contributed by atoms with Crippen molar-refractivity contribution in [2.45, 2.75) is 44.4 Å². The average Bonchev–Trinajstić information content (AvgIpc) is 1.99. The van der Waals surface area contributed by atoms with E-state index in [1.807, 2.05) is 0 Å². The van der Waals surface area contributed by atoms with Crippen molar-refractivity contribution in [2.24, 2.45) is 0 Å². The van der Waals surface area contributed by atoms with Gasteiger partial charge in [-0.15, -0.1) is 0 Å². The highest BCUT2D eigenvalue weighted by atomic mass is 16.7. The molecule has 0 aromatic rings. The summed E-state index contributed by atoms with van der Waals surface area (Å²) in [6.45, 7) is 3.30. The number of hydrogen-bond acceptors (Lipinski definition) is 4. The Balaban J connectivity index is 2.65. The van der Waals surface area contributed by atoms with Gasteiger partial charge in [0.25, 0.3) is 0 Å². The van der Waals surface area contributed by atoms with Gasteiger partial charge in [-0.1, -0.05) is 0 Å². The molecule has 0 unspecified atom stereocenters. The smallest absolute Gasteiger partial charge is 0.160 e. The highest BCUT2D eigenvalue weighted by Crippen LogP contribution is 2.28. The minimum absolute atomic E-state index is 0.301. The summed E-state index contributed by atoms with van der Waals surface area (Å²) in [6.07, 6.45) is -1.35. The van der Waals surface area contributed by atoms with E-state index in [9.17, 15) is 10.2 Å². The Labute approximate surface area is 72.1 Å². The van der Waals surface area contributed by atoms with E-state index in [0.717, 1.165) is 0 Å². The molecule has 1 aliphatic rings. The molecule has 4 nitrogen and oxygen atoms in total. The number of methoxy groups -OCH3 is 1. The second-order valence-corrected chi connectivity index (χ2v) is 3.51. The number of ether oxygens (including phenoxy) is 2. The lowest BCUT2D eigenvalue weighted by atomic mass is 9.89. The minimum atomic E-state index is -1.11. The molecule has 4 atom stereocenters. The largest absolute Gasteiger partial charge is 0.387 e. The van der Waals surface area contributed by atoms with Crippen molar-refractivity contribution in [1.29, 1.82) is 0 Å². The Hall–Kier alpha value is -0.160. The van der Waals surface area contributed by atoms with E-state index in [2.05, 4.69) is 0 Å².